The summed E-state index contributed by atoms with van der Waals surface area (Å²) in [5, 5.41) is 3.16. The number of amides is 1. The van der Waals surface area contributed by atoms with Crippen molar-refractivity contribution in [1.82, 2.24) is 14.5 Å². The van der Waals surface area contributed by atoms with Gasteiger partial charge in [0.05, 0.1) is 12.8 Å². The molecule has 1 aliphatic heterocycles. The highest BCUT2D eigenvalue weighted by atomic mass is 35.5. The van der Waals surface area contributed by atoms with Gasteiger partial charge in [0.25, 0.3) is 0 Å². The average Bonchev–Trinajstić information content (AvgIpc) is 3.12. The van der Waals surface area contributed by atoms with E-state index in [-0.39, 0.29) is 18.3 Å². The molecule has 0 atom stereocenters. The lowest BCUT2D eigenvalue weighted by molar-refractivity contribution is -0.131. The van der Waals surface area contributed by atoms with Gasteiger partial charge in [-0.1, -0.05) is 0 Å². The molecule has 1 saturated heterocycles. The molecule has 2 aliphatic rings. The number of halogens is 1. The van der Waals surface area contributed by atoms with Crippen molar-refractivity contribution in [2.45, 2.75) is 12.8 Å². The van der Waals surface area contributed by atoms with Gasteiger partial charge in [-0.25, -0.2) is 8.42 Å². The maximum atomic E-state index is 11.9. The summed E-state index contributed by atoms with van der Waals surface area (Å²) in [6.07, 6.45) is 3.75. The maximum absolute atomic E-state index is 11.9. The van der Waals surface area contributed by atoms with Gasteiger partial charge in [0.15, 0.2) is 0 Å². The molecule has 1 amide bonds. The SMILES string of the molecule is CS(=O)(=O)N1CCN(C(=O)CNCC2CC2)CC1.Cl. The summed E-state index contributed by atoms with van der Waals surface area (Å²) in [5.74, 6) is 0.837. The summed E-state index contributed by atoms with van der Waals surface area (Å²) >= 11 is 0. The van der Waals surface area contributed by atoms with E-state index >= 15 is 0 Å². The molecule has 1 saturated carbocycles. The Morgan fingerprint density at radius 1 is 1.21 bits per heavy atom. The van der Waals surface area contributed by atoms with E-state index in [4.69, 9.17) is 0 Å². The fraction of sp³-hybridized carbons (Fsp3) is 0.909. The Balaban J connectivity index is 0.00000180. The molecule has 0 unspecified atom stereocenters. The van der Waals surface area contributed by atoms with Crippen molar-refractivity contribution in [3.05, 3.63) is 0 Å². The zero-order chi connectivity index (χ0) is 13.2. The summed E-state index contributed by atoms with van der Waals surface area (Å²) in [7, 11) is -3.12. The summed E-state index contributed by atoms with van der Waals surface area (Å²) in [6.45, 7) is 3.11. The van der Waals surface area contributed by atoms with Crippen molar-refractivity contribution in [3.8, 4) is 0 Å². The third kappa shape index (κ3) is 5.25. The molecule has 0 aromatic heterocycles. The number of nitrogens with zero attached hydrogens (tertiary/aromatic N) is 2. The minimum atomic E-state index is -3.12. The van der Waals surface area contributed by atoms with Gasteiger partial charge >= 0.3 is 0 Å². The van der Waals surface area contributed by atoms with E-state index < -0.39 is 10.0 Å². The van der Waals surface area contributed by atoms with Crippen LogP contribution >= 0.6 is 12.4 Å². The molecule has 1 heterocycles. The summed E-state index contributed by atoms with van der Waals surface area (Å²) in [4.78, 5) is 13.6. The highest BCUT2D eigenvalue weighted by Crippen LogP contribution is 2.27. The van der Waals surface area contributed by atoms with E-state index in [1.807, 2.05) is 0 Å². The van der Waals surface area contributed by atoms with E-state index in [1.54, 1.807) is 4.90 Å². The van der Waals surface area contributed by atoms with Crippen LogP contribution in [-0.4, -0.2) is 69.1 Å². The molecule has 1 N–H and O–H groups in total. The Morgan fingerprint density at radius 3 is 2.26 bits per heavy atom. The Bertz CT molecular complexity index is 403. The second-order valence-corrected chi connectivity index (χ2v) is 7.10. The molecule has 8 heteroatoms. The number of nitrogens with one attached hydrogen (secondary N) is 1. The Labute approximate surface area is 121 Å². The monoisotopic (exact) mass is 311 g/mol. The third-order valence-electron chi connectivity index (χ3n) is 3.47. The summed E-state index contributed by atoms with van der Waals surface area (Å²) in [5.41, 5.74) is 0. The highest BCUT2D eigenvalue weighted by molar-refractivity contribution is 7.88. The van der Waals surface area contributed by atoms with Gasteiger partial charge in [-0.3, -0.25) is 4.79 Å². The van der Waals surface area contributed by atoms with Crippen LogP contribution in [0.2, 0.25) is 0 Å². The summed E-state index contributed by atoms with van der Waals surface area (Å²) in [6, 6.07) is 0. The quantitative estimate of drug-likeness (QED) is 0.744. The van der Waals surface area contributed by atoms with Gasteiger partial charge in [0, 0.05) is 26.2 Å². The smallest absolute Gasteiger partial charge is 0.236 e. The molecule has 0 aromatic rings. The van der Waals surface area contributed by atoms with Crippen LogP contribution in [0, 0.1) is 5.92 Å². The van der Waals surface area contributed by atoms with Gasteiger partial charge in [0.2, 0.25) is 15.9 Å². The van der Waals surface area contributed by atoms with E-state index in [1.165, 1.54) is 23.4 Å². The number of hydrogen-bond acceptors (Lipinski definition) is 4. The van der Waals surface area contributed by atoms with Gasteiger partial charge < -0.3 is 10.2 Å². The van der Waals surface area contributed by atoms with Crippen LogP contribution in [0.25, 0.3) is 0 Å². The number of rotatable bonds is 5. The first-order valence-corrected chi connectivity index (χ1v) is 8.25. The molecular weight excluding hydrogens is 290 g/mol. The second kappa shape index (κ2) is 6.88. The van der Waals surface area contributed by atoms with E-state index in [0.717, 1.165) is 12.5 Å². The summed E-state index contributed by atoms with van der Waals surface area (Å²) < 4.78 is 24.1. The second-order valence-electron chi connectivity index (χ2n) is 5.12. The number of carbonyl (C=O) groups excluding carboxylic acids is 1. The predicted octanol–water partition coefficient (Wildman–Crippen LogP) is -0.488. The van der Waals surface area contributed by atoms with Gasteiger partial charge in [-0.2, -0.15) is 4.31 Å². The van der Waals surface area contributed by atoms with Crippen LogP contribution in [-0.2, 0) is 14.8 Å². The fourth-order valence-corrected chi connectivity index (χ4v) is 2.91. The molecule has 0 aromatic carbocycles. The largest absolute Gasteiger partial charge is 0.339 e. The fourth-order valence-electron chi connectivity index (χ4n) is 2.09. The van der Waals surface area contributed by atoms with Crippen molar-refractivity contribution in [1.29, 1.82) is 0 Å². The zero-order valence-corrected chi connectivity index (χ0v) is 12.8. The van der Waals surface area contributed by atoms with Gasteiger partial charge in [-0.15, -0.1) is 12.4 Å². The van der Waals surface area contributed by atoms with Crippen molar-refractivity contribution in [3.63, 3.8) is 0 Å². The minimum Gasteiger partial charge on any atom is -0.339 e. The molecule has 112 valence electrons. The first-order valence-electron chi connectivity index (χ1n) is 6.40. The topological polar surface area (TPSA) is 69.7 Å². The molecule has 1 aliphatic carbocycles. The first-order chi connectivity index (χ1) is 8.47. The lowest BCUT2D eigenvalue weighted by Gasteiger charge is -2.33. The van der Waals surface area contributed by atoms with Crippen molar-refractivity contribution in [2.75, 3.05) is 45.5 Å². The van der Waals surface area contributed by atoms with Crippen LogP contribution in [0.4, 0.5) is 0 Å². The molecule has 2 rings (SSSR count). The van der Waals surface area contributed by atoms with E-state index in [2.05, 4.69) is 5.32 Å². The lowest BCUT2D eigenvalue weighted by atomic mass is 10.3. The maximum Gasteiger partial charge on any atom is 0.236 e. The number of carbonyl (C=O) groups is 1. The molecule has 19 heavy (non-hydrogen) atoms. The van der Waals surface area contributed by atoms with Crippen LogP contribution in [0.5, 0.6) is 0 Å². The van der Waals surface area contributed by atoms with Crippen molar-refractivity contribution >= 4 is 28.3 Å². The molecule has 0 radical (unpaired) electrons. The number of piperazine rings is 1. The Morgan fingerprint density at radius 2 is 1.79 bits per heavy atom. The number of sulfonamides is 1. The van der Waals surface area contributed by atoms with Crippen LogP contribution in [0.3, 0.4) is 0 Å². The molecule has 0 bridgehead atoms. The van der Waals surface area contributed by atoms with E-state index in [9.17, 15) is 13.2 Å². The standard InChI is InChI=1S/C11H21N3O3S.ClH/c1-18(16,17)14-6-4-13(5-7-14)11(15)9-12-8-10-2-3-10;/h10,12H,2-9H2,1H3;1H. The predicted molar refractivity (Wildman–Crippen MR) is 75.8 cm³/mol. The normalized spacial score (nSPS) is 21.0. The number of hydrogen-bond donors (Lipinski definition) is 1. The molecule has 0 spiro atoms. The molecular formula is C11H22ClN3O3S. The average molecular weight is 312 g/mol. The lowest BCUT2D eigenvalue weighted by Crippen LogP contribution is -2.52. The van der Waals surface area contributed by atoms with Crippen LogP contribution in [0.1, 0.15) is 12.8 Å². The Kier molecular flexibility index (Phi) is 6.04. The molecule has 2 fully saturated rings. The first kappa shape index (κ1) is 16.7. The Hall–Kier alpha value is -0.370. The highest BCUT2D eigenvalue weighted by Gasteiger charge is 2.26. The van der Waals surface area contributed by atoms with Crippen LogP contribution < -0.4 is 5.32 Å². The van der Waals surface area contributed by atoms with Gasteiger partial charge in [0.1, 0.15) is 0 Å². The van der Waals surface area contributed by atoms with Gasteiger partial charge in [-0.05, 0) is 25.3 Å². The van der Waals surface area contributed by atoms with Crippen molar-refractivity contribution < 1.29 is 13.2 Å². The van der Waals surface area contributed by atoms with Crippen LogP contribution in [0.15, 0.2) is 0 Å². The van der Waals surface area contributed by atoms with Crippen molar-refractivity contribution in [2.24, 2.45) is 5.92 Å². The zero-order valence-electron chi connectivity index (χ0n) is 11.2. The molecule has 6 nitrogen and oxygen atoms in total. The third-order valence-corrected chi connectivity index (χ3v) is 4.77. The minimum absolute atomic E-state index is 0. The van der Waals surface area contributed by atoms with E-state index in [0.29, 0.717) is 32.7 Å².